The summed E-state index contributed by atoms with van der Waals surface area (Å²) in [6.45, 7) is 9.51. The Kier molecular flexibility index (Phi) is 14.1. The summed E-state index contributed by atoms with van der Waals surface area (Å²) in [5.41, 5.74) is 6.60. The van der Waals surface area contributed by atoms with Crippen molar-refractivity contribution in [2.24, 2.45) is 0 Å². The normalized spacial score (nSPS) is 17.1. The second-order valence-electron chi connectivity index (χ2n) is 13.3. The standard InChI is InChI=1S/C41H50N10S/c1-42-41(52)47-35-16-14-34(15-17-35)28-40-33-50(31-38-12-4-8-20-45-38)25-24-48(29-36-10-2-6-18-43-36)22-23-49(30-37-11-3-7-19-44-37)26-27-51(40)32-39-13-5-9-21-46-39/h2-21,40H,22-33H2,1H3,(H2,42,47,52). The molecular weight excluding hydrogens is 665 g/mol. The minimum Gasteiger partial charge on any atom is -0.366 e. The van der Waals surface area contributed by atoms with E-state index < -0.39 is 0 Å². The third kappa shape index (κ3) is 12.0. The van der Waals surface area contributed by atoms with Gasteiger partial charge in [0.2, 0.25) is 0 Å². The molecule has 5 heterocycles. The number of anilines is 1. The third-order valence-electron chi connectivity index (χ3n) is 9.49. The van der Waals surface area contributed by atoms with Crippen molar-refractivity contribution in [2.45, 2.75) is 38.6 Å². The van der Waals surface area contributed by atoms with E-state index in [2.05, 4.69) is 103 Å². The predicted molar refractivity (Wildman–Crippen MR) is 212 cm³/mol. The van der Waals surface area contributed by atoms with Crippen LogP contribution in [0.15, 0.2) is 122 Å². The van der Waals surface area contributed by atoms with Crippen molar-refractivity contribution in [2.75, 3.05) is 58.2 Å². The summed E-state index contributed by atoms with van der Waals surface area (Å²) < 4.78 is 0. The van der Waals surface area contributed by atoms with E-state index in [4.69, 9.17) is 32.2 Å². The number of benzene rings is 1. The fourth-order valence-electron chi connectivity index (χ4n) is 6.66. The molecule has 1 saturated heterocycles. The fourth-order valence-corrected chi connectivity index (χ4v) is 6.78. The highest BCUT2D eigenvalue weighted by atomic mass is 32.1. The van der Waals surface area contributed by atoms with Gasteiger partial charge in [0.25, 0.3) is 0 Å². The molecule has 1 aromatic carbocycles. The Morgan fingerprint density at radius 3 is 1.48 bits per heavy atom. The molecule has 1 aliphatic heterocycles. The first-order valence-corrected chi connectivity index (χ1v) is 18.6. The monoisotopic (exact) mass is 714 g/mol. The fraction of sp³-hybridized carbons (Fsp3) is 0.341. The van der Waals surface area contributed by atoms with E-state index in [1.165, 1.54) is 5.56 Å². The summed E-state index contributed by atoms with van der Waals surface area (Å²) in [5.74, 6) is 0. The van der Waals surface area contributed by atoms with E-state index in [9.17, 15) is 0 Å². The number of aromatic nitrogens is 4. The lowest BCUT2D eigenvalue weighted by atomic mass is 10.0. The summed E-state index contributed by atoms with van der Waals surface area (Å²) >= 11 is 5.35. The zero-order valence-corrected chi connectivity index (χ0v) is 30.9. The van der Waals surface area contributed by atoms with Crippen molar-refractivity contribution in [3.63, 3.8) is 0 Å². The molecule has 11 heteroatoms. The van der Waals surface area contributed by atoms with Crippen LogP contribution >= 0.6 is 12.2 Å². The van der Waals surface area contributed by atoms with E-state index in [1.807, 2.05) is 56.1 Å². The van der Waals surface area contributed by atoms with Gasteiger partial charge >= 0.3 is 0 Å². The Hall–Kier alpha value is -4.65. The number of nitrogens with one attached hydrogen (secondary N) is 2. The van der Waals surface area contributed by atoms with Gasteiger partial charge in [-0.2, -0.15) is 0 Å². The Morgan fingerprint density at radius 1 is 0.577 bits per heavy atom. The zero-order valence-electron chi connectivity index (χ0n) is 30.1. The largest absolute Gasteiger partial charge is 0.366 e. The minimum atomic E-state index is 0.211. The average molecular weight is 715 g/mol. The number of thiocarbonyl (C=S) groups is 1. The van der Waals surface area contributed by atoms with E-state index in [0.717, 1.165) is 107 Å². The molecule has 0 radical (unpaired) electrons. The zero-order chi connectivity index (χ0) is 35.8. The molecular formula is C41H50N10S. The van der Waals surface area contributed by atoms with Gasteiger partial charge in [-0.1, -0.05) is 36.4 Å². The maximum absolute atomic E-state index is 5.35. The van der Waals surface area contributed by atoms with Crippen molar-refractivity contribution in [3.05, 3.63) is 150 Å². The van der Waals surface area contributed by atoms with Crippen LogP contribution in [0.4, 0.5) is 5.69 Å². The molecule has 4 aromatic heterocycles. The second-order valence-corrected chi connectivity index (χ2v) is 13.7. The van der Waals surface area contributed by atoms with Crippen LogP contribution in [0.2, 0.25) is 0 Å². The Balaban J connectivity index is 1.32. The Bertz CT molecular complexity index is 1750. The lowest BCUT2D eigenvalue weighted by molar-refractivity contribution is 0.0841. The molecule has 0 saturated carbocycles. The number of nitrogens with zero attached hydrogens (tertiary/aromatic N) is 8. The lowest BCUT2D eigenvalue weighted by Crippen LogP contribution is -2.50. The van der Waals surface area contributed by atoms with Gasteiger partial charge in [-0.15, -0.1) is 0 Å². The van der Waals surface area contributed by atoms with Gasteiger partial charge in [0.1, 0.15) is 0 Å². The van der Waals surface area contributed by atoms with Gasteiger partial charge in [0.15, 0.2) is 5.11 Å². The van der Waals surface area contributed by atoms with E-state index in [-0.39, 0.29) is 6.04 Å². The predicted octanol–water partition coefficient (Wildman–Crippen LogP) is 5.12. The van der Waals surface area contributed by atoms with Gasteiger partial charge in [0, 0.05) is 116 Å². The molecule has 1 fully saturated rings. The van der Waals surface area contributed by atoms with Gasteiger partial charge in [0.05, 0.1) is 22.8 Å². The first-order chi connectivity index (χ1) is 25.6. The molecule has 6 rings (SSSR count). The molecule has 5 aromatic rings. The van der Waals surface area contributed by atoms with Crippen molar-refractivity contribution in [1.29, 1.82) is 0 Å². The van der Waals surface area contributed by atoms with E-state index in [1.54, 1.807) is 0 Å². The second kappa shape index (κ2) is 19.8. The maximum Gasteiger partial charge on any atom is 0.170 e. The van der Waals surface area contributed by atoms with Crippen LogP contribution in [0, 0.1) is 0 Å². The number of hydrogen-bond donors (Lipinski definition) is 2. The average Bonchev–Trinajstić information content (AvgIpc) is 3.18. The van der Waals surface area contributed by atoms with Crippen molar-refractivity contribution in [3.8, 4) is 0 Å². The molecule has 1 unspecified atom stereocenters. The first-order valence-electron chi connectivity index (χ1n) is 18.2. The number of pyridine rings is 4. The van der Waals surface area contributed by atoms with Gasteiger partial charge < -0.3 is 10.6 Å². The van der Waals surface area contributed by atoms with Crippen molar-refractivity contribution in [1.82, 2.24) is 44.9 Å². The van der Waals surface area contributed by atoms with E-state index >= 15 is 0 Å². The highest BCUT2D eigenvalue weighted by Crippen LogP contribution is 2.19. The van der Waals surface area contributed by atoms with Crippen LogP contribution in [0.5, 0.6) is 0 Å². The molecule has 1 aliphatic rings. The van der Waals surface area contributed by atoms with Crippen LogP contribution in [0.3, 0.4) is 0 Å². The topological polar surface area (TPSA) is 88.6 Å². The highest BCUT2D eigenvalue weighted by Gasteiger charge is 2.26. The minimum absolute atomic E-state index is 0.211. The molecule has 1 atom stereocenters. The summed E-state index contributed by atoms with van der Waals surface area (Å²) in [7, 11) is 1.83. The summed E-state index contributed by atoms with van der Waals surface area (Å²) in [6.07, 6.45) is 8.48. The van der Waals surface area contributed by atoms with Crippen molar-refractivity contribution < 1.29 is 0 Å². The molecule has 270 valence electrons. The summed E-state index contributed by atoms with van der Waals surface area (Å²) in [4.78, 5) is 29.3. The Morgan fingerprint density at radius 2 is 1.02 bits per heavy atom. The van der Waals surface area contributed by atoms with Crippen molar-refractivity contribution >= 4 is 23.0 Å². The van der Waals surface area contributed by atoms with Crippen LogP contribution in [-0.2, 0) is 32.6 Å². The maximum atomic E-state index is 5.35. The summed E-state index contributed by atoms with van der Waals surface area (Å²) in [6, 6.07) is 33.7. The molecule has 52 heavy (non-hydrogen) atoms. The van der Waals surface area contributed by atoms with Crippen LogP contribution in [0.25, 0.3) is 0 Å². The molecule has 0 aliphatic carbocycles. The van der Waals surface area contributed by atoms with Crippen LogP contribution < -0.4 is 10.6 Å². The van der Waals surface area contributed by atoms with Gasteiger partial charge in [-0.25, -0.2) is 0 Å². The van der Waals surface area contributed by atoms with E-state index in [0.29, 0.717) is 5.11 Å². The first kappa shape index (κ1) is 37.1. The SMILES string of the molecule is CNC(=S)Nc1ccc(CC2CN(Cc3ccccn3)CCN(Cc3ccccn3)CCN(Cc3ccccn3)CCN2Cc2ccccn2)cc1. The van der Waals surface area contributed by atoms with Gasteiger partial charge in [-0.3, -0.25) is 39.5 Å². The smallest absolute Gasteiger partial charge is 0.170 e. The van der Waals surface area contributed by atoms with Crippen LogP contribution in [0.1, 0.15) is 28.3 Å². The van der Waals surface area contributed by atoms with Crippen LogP contribution in [-0.4, -0.2) is 104 Å². The third-order valence-corrected chi connectivity index (χ3v) is 9.80. The number of rotatable bonds is 11. The Labute approximate surface area is 314 Å². The molecule has 0 bridgehead atoms. The van der Waals surface area contributed by atoms with Gasteiger partial charge in [-0.05, 0) is 84.9 Å². The highest BCUT2D eigenvalue weighted by molar-refractivity contribution is 7.80. The summed E-state index contributed by atoms with van der Waals surface area (Å²) in [5, 5.41) is 6.86. The number of hydrogen-bond acceptors (Lipinski definition) is 9. The quantitative estimate of drug-likeness (QED) is 0.179. The molecule has 2 N–H and O–H groups in total. The lowest BCUT2D eigenvalue weighted by Gasteiger charge is -2.39. The molecule has 10 nitrogen and oxygen atoms in total. The molecule has 0 spiro atoms. The molecule has 0 amide bonds.